The third-order valence-electron chi connectivity index (χ3n) is 3.48. The van der Waals surface area contributed by atoms with Crippen molar-refractivity contribution in [2.45, 2.75) is 49.8 Å². The second kappa shape index (κ2) is 6.23. The Balaban J connectivity index is 3.07. The van der Waals surface area contributed by atoms with Gasteiger partial charge in [-0.3, -0.25) is 4.79 Å². The summed E-state index contributed by atoms with van der Waals surface area (Å²) in [5.41, 5.74) is 5.40. The van der Waals surface area contributed by atoms with Gasteiger partial charge in [-0.1, -0.05) is 18.5 Å². The molecule has 1 aromatic rings. The van der Waals surface area contributed by atoms with Gasteiger partial charge in [0.25, 0.3) is 0 Å². The molecule has 0 fully saturated rings. The van der Waals surface area contributed by atoms with Gasteiger partial charge in [0.05, 0.1) is 15.6 Å². The molecule has 1 atom stereocenters. The minimum absolute atomic E-state index is 0.0151. The minimum atomic E-state index is -3.81. The number of benzene rings is 1. The number of rotatable bonds is 5. The van der Waals surface area contributed by atoms with Crippen molar-refractivity contribution in [3.63, 3.8) is 0 Å². The summed E-state index contributed by atoms with van der Waals surface area (Å²) in [6.07, 6.45) is 0.694. The van der Waals surface area contributed by atoms with Crippen LogP contribution >= 0.6 is 11.6 Å². The van der Waals surface area contributed by atoms with Crippen molar-refractivity contribution in [3.8, 4) is 0 Å². The largest absolute Gasteiger partial charge is 0.398 e. The molecule has 1 amide bonds. The van der Waals surface area contributed by atoms with Gasteiger partial charge >= 0.3 is 0 Å². The van der Waals surface area contributed by atoms with Gasteiger partial charge in [-0.15, -0.1) is 0 Å². The quantitative estimate of drug-likeness (QED) is 0.810. The number of nitrogens with two attached hydrogens (primary N) is 1. The van der Waals surface area contributed by atoms with E-state index in [1.54, 1.807) is 0 Å². The number of hydrogen-bond acceptors (Lipinski definition) is 4. The summed E-state index contributed by atoms with van der Waals surface area (Å²) in [6, 6.07) is 4.03. The summed E-state index contributed by atoms with van der Waals surface area (Å²) in [5, 5.41) is 1.68. The SMILES string of the molecule is CCC(C)(C)NC(=O)C(C)S(=O)(=O)c1ccc(N)c(Cl)c1. The Kier molecular flexibility index (Phi) is 5.28. The molecule has 3 N–H and O–H groups in total. The highest BCUT2D eigenvalue weighted by Gasteiger charge is 2.32. The summed E-state index contributed by atoms with van der Waals surface area (Å²) in [5.74, 6) is -0.533. The van der Waals surface area contributed by atoms with Gasteiger partial charge in [-0.2, -0.15) is 0 Å². The van der Waals surface area contributed by atoms with Gasteiger partial charge in [0.2, 0.25) is 5.91 Å². The number of hydrogen-bond donors (Lipinski definition) is 2. The van der Waals surface area contributed by atoms with E-state index in [4.69, 9.17) is 17.3 Å². The van der Waals surface area contributed by atoms with Gasteiger partial charge in [-0.05, 0) is 45.4 Å². The molecule has 0 heterocycles. The molecule has 0 bridgehead atoms. The van der Waals surface area contributed by atoms with Crippen LogP contribution in [0.4, 0.5) is 5.69 Å². The Morgan fingerprint density at radius 1 is 1.43 bits per heavy atom. The second-order valence-corrected chi connectivity index (χ2v) is 8.27. The molecule has 21 heavy (non-hydrogen) atoms. The maximum atomic E-state index is 12.5. The molecule has 0 aliphatic heterocycles. The Morgan fingerprint density at radius 3 is 2.48 bits per heavy atom. The minimum Gasteiger partial charge on any atom is -0.398 e. The van der Waals surface area contributed by atoms with Crippen LogP contribution in [0.2, 0.25) is 5.02 Å². The lowest BCUT2D eigenvalue weighted by Crippen LogP contribution is -2.48. The van der Waals surface area contributed by atoms with E-state index < -0.39 is 26.5 Å². The molecule has 0 saturated heterocycles. The zero-order chi connectivity index (χ0) is 16.4. The maximum absolute atomic E-state index is 12.5. The van der Waals surface area contributed by atoms with Crippen molar-refractivity contribution in [1.29, 1.82) is 0 Å². The molecular formula is C14H21ClN2O3S. The third-order valence-corrected chi connectivity index (χ3v) is 5.86. The number of nitrogen functional groups attached to an aromatic ring is 1. The molecule has 5 nitrogen and oxygen atoms in total. The van der Waals surface area contributed by atoms with E-state index in [0.717, 1.165) is 0 Å². The molecule has 7 heteroatoms. The van der Waals surface area contributed by atoms with Crippen LogP contribution < -0.4 is 11.1 Å². The summed E-state index contributed by atoms with van der Waals surface area (Å²) in [7, 11) is -3.81. The molecule has 0 saturated carbocycles. The zero-order valence-electron chi connectivity index (χ0n) is 12.6. The first-order chi connectivity index (χ1) is 9.51. The van der Waals surface area contributed by atoms with Gasteiger partial charge in [0, 0.05) is 5.54 Å². The van der Waals surface area contributed by atoms with Gasteiger partial charge in [0.1, 0.15) is 5.25 Å². The first-order valence-electron chi connectivity index (χ1n) is 6.62. The molecule has 0 spiro atoms. The number of sulfone groups is 1. The lowest BCUT2D eigenvalue weighted by Gasteiger charge is -2.26. The highest BCUT2D eigenvalue weighted by Crippen LogP contribution is 2.25. The summed E-state index contributed by atoms with van der Waals surface area (Å²) in [6.45, 7) is 6.95. The summed E-state index contributed by atoms with van der Waals surface area (Å²) >= 11 is 5.84. The monoisotopic (exact) mass is 332 g/mol. The van der Waals surface area contributed by atoms with Crippen LogP contribution in [0, 0.1) is 0 Å². The molecule has 0 aliphatic carbocycles. The van der Waals surface area contributed by atoms with Crippen molar-refractivity contribution in [2.24, 2.45) is 0 Å². The Hall–Kier alpha value is -1.27. The summed E-state index contributed by atoms with van der Waals surface area (Å²) in [4.78, 5) is 12.1. The molecule has 1 rings (SSSR count). The van der Waals surface area contributed by atoms with Crippen molar-refractivity contribution < 1.29 is 13.2 Å². The number of carbonyl (C=O) groups is 1. The number of halogens is 1. The highest BCUT2D eigenvalue weighted by molar-refractivity contribution is 7.92. The van der Waals surface area contributed by atoms with Gasteiger partial charge < -0.3 is 11.1 Å². The zero-order valence-corrected chi connectivity index (χ0v) is 14.2. The van der Waals surface area contributed by atoms with Crippen molar-refractivity contribution >= 4 is 33.0 Å². The second-order valence-electron chi connectivity index (χ2n) is 5.60. The number of anilines is 1. The van der Waals surface area contributed by atoms with E-state index in [0.29, 0.717) is 12.1 Å². The fraction of sp³-hybridized carbons (Fsp3) is 0.500. The third kappa shape index (κ3) is 4.11. The summed E-state index contributed by atoms with van der Waals surface area (Å²) < 4.78 is 24.9. The Bertz CT molecular complexity index is 642. The van der Waals surface area contributed by atoms with E-state index in [1.807, 2.05) is 20.8 Å². The average Bonchev–Trinajstić information content (AvgIpc) is 2.40. The first-order valence-corrected chi connectivity index (χ1v) is 8.54. The molecule has 0 radical (unpaired) electrons. The van der Waals surface area contributed by atoms with Crippen LogP contribution in [0.3, 0.4) is 0 Å². The average molecular weight is 333 g/mol. The van der Waals surface area contributed by atoms with Crippen LogP contribution in [0.5, 0.6) is 0 Å². The molecular weight excluding hydrogens is 312 g/mol. The Morgan fingerprint density at radius 2 is 2.00 bits per heavy atom. The predicted octanol–water partition coefficient (Wildman–Crippen LogP) is 2.39. The lowest BCUT2D eigenvalue weighted by atomic mass is 10.0. The van der Waals surface area contributed by atoms with Crippen LogP contribution in [0.25, 0.3) is 0 Å². The number of carbonyl (C=O) groups excluding carboxylic acids is 1. The van der Waals surface area contributed by atoms with Crippen LogP contribution in [0.15, 0.2) is 23.1 Å². The highest BCUT2D eigenvalue weighted by atomic mass is 35.5. The van der Waals surface area contributed by atoms with Gasteiger partial charge in [-0.25, -0.2) is 8.42 Å². The smallest absolute Gasteiger partial charge is 0.238 e. The van der Waals surface area contributed by atoms with E-state index in [-0.39, 0.29) is 9.92 Å². The van der Waals surface area contributed by atoms with Crippen molar-refractivity contribution in [3.05, 3.63) is 23.2 Å². The van der Waals surface area contributed by atoms with Crippen LogP contribution in [0.1, 0.15) is 34.1 Å². The van der Waals surface area contributed by atoms with Gasteiger partial charge in [0.15, 0.2) is 9.84 Å². The topological polar surface area (TPSA) is 89.3 Å². The number of nitrogens with one attached hydrogen (secondary N) is 1. The van der Waals surface area contributed by atoms with Crippen molar-refractivity contribution in [2.75, 3.05) is 5.73 Å². The van der Waals surface area contributed by atoms with E-state index in [2.05, 4.69) is 5.32 Å². The van der Waals surface area contributed by atoms with E-state index >= 15 is 0 Å². The number of amides is 1. The molecule has 118 valence electrons. The molecule has 1 unspecified atom stereocenters. The maximum Gasteiger partial charge on any atom is 0.238 e. The predicted molar refractivity (Wildman–Crippen MR) is 85.0 cm³/mol. The standard InChI is InChI=1S/C14H21ClN2O3S/c1-5-14(3,4)17-13(18)9(2)21(19,20)10-6-7-12(16)11(15)8-10/h6-9H,5,16H2,1-4H3,(H,17,18). The van der Waals surface area contributed by atoms with Crippen LogP contribution in [-0.2, 0) is 14.6 Å². The van der Waals surface area contributed by atoms with Crippen molar-refractivity contribution in [1.82, 2.24) is 5.32 Å². The normalized spacial score (nSPS) is 13.8. The fourth-order valence-corrected chi connectivity index (χ4v) is 3.09. The fourth-order valence-electron chi connectivity index (χ4n) is 1.55. The first kappa shape index (κ1) is 17.8. The lowest BCUT2D eigenvalue weighted by molar-refractivity contribution is -0.122. The van der Waals surface area contributed by atoms with E-state index in [1.165, 1.54) is 25.1 Å². The molecule has 0 aromatic heterocycles. The Labute approximate surface area is 130 Å². The van der Waals surface area contributed by atoms with E-state index in [9.17, 15) is 13.2 Å². The molecule has 0 aliphatic rings. The van der Waals surface area contributed by atoms with Crippen LogP contribution in [-0.4, -0.2) is 25.1 Å². The molecule has 1 aromatic carbocycles.